The van der Waals surface area contributed by atoms with Gasteiger partial charge in [-0.05, 0) is 38.9 Å². The van der Waals surface area contributed by atoms with Gasteiger partial charge in [0, 0.05) is 20.1 Å². The Morgan fingerprint density at radius 3 is 2.65 bits per heavy atom. The molecule has 1 aliphatic rings. The molecule has 0 saturated carbocycles. The smallest absolute Gasteiger partial charge is 0.191 e. The molecule has 0 aromatic rings. The van der Waals surface area contributed by atoms with Crippen LogP contribution in [0.4, 0.5) is 0 Å². The molecule has 0 bridgehead atoms. The third-order valence-corrected chi connectivity index (χ3v) is 2.78. The summed E-state index contributed by atoms with van der Waals surface area (Å²) in [4.78, 5) is 6.66. The van der Waals surface area contributed by atoms with E-state index in [1.54, 1.807) is 7.05 Å². The predicted octanol–water partition coefficient (Wildman–Crippen LogP) is 1.44. The standard InChI is InChI=1S/C12H24N4.HI/c1-3-7-14-12(13-2)15-8-6-11-16-9-4-5-10-16;/h3H,1,4-11H2,2H3,(H2,13,14,15);1H. The molecule has 0 aliphatic carbocycles. The van der Waals surface area contributed by atoms with Crippen LogP contribution in [0.3, 0.4) is 0 Å². The molecular weight excluding hydrogens is 327 g/mol. The van der Waals surface area contributed by atoms with Gasteiger partial charge in [0.2, 0.25) is 0 Å². The molecule has 100 valence electrons. The molecule has 1 fully saturated rings. The average Bonchev–Trinajstić information content (AvgIpc) is 2.81. The zero-order valence-electron chi connectivity index (χ0n) is 10.7. The topological polar surface area (TPSA) is 39.7 Å². The van der Waals surface area contributed by atoms with Crippen LogP contribution in [0.25, 0.3) is 0 Å². The maximum atomic E-state index is 4.13. The first-order valence-electron chi connectivity index (χ1n) is 6.14. The number of hydrogen-bond donors (Lipinski definition) is 2. The second kappa shape index (κ2) is 10.8. The summed E-state index contributed by atoms with van der Waals surface area (Å²) in [5, 5.41) is 6.45. The Bertz CT molecular complexity index is 225. The highest BCUT2D eigenvalue weighted by molar-refractivity contribution is 14.0. The summed E-state index contributed by atoms with van der Waals surface area (Å²) in [7, 11) is 1.79. The molecule has 1 heterocycles. The Hall–Kier alpha value is -0.300. The van der Waals surface area contributed by atoms with Gasteiger partial charge in [0.15, 0.2) is 5.96 Å². The van der Waals surface area contributed by atoms with Crippen LogP contribution in [0.5, 0.6) is 0 Å². The molecule has 5 heteroatoms. The van der Waals surface area contributed by atoms with E-state index in [0.717, 1.165) is 19.0 Å². The summed E-state index contributed by atoms with van der Waals surface area (Å²) in [6, 6.07) is 0. The van der Waals surface area contributed by atoms with Crippen LogP contribution in [-0.4, -0.2) is 50.6 Å². The van der Waals surface area contributed by atoms with Crippen molar-refractivity contribution < 1.29 is 0 Å². The van der Waals surface area contributed by atoms with Crippen LogP contribution in [-0.2, 0) is 0 Å². The predicted molar refractivity (Wildman–Crippen MR) is 85.3 cm³/mol. The third-order valence-electron chi connectivity index (χ3n) is 2.78. The van der Waals surface area contributed by atoms with Crippen LogP contribution in [0.15, 0.2) is 17.6 Å². The van der Waals surface area contributed by atoms with Gasteiger partial charge in [-0.1, -0.05) is 6.08 Å². The van der Waals surface area contributed by atoms with E-state index in [2.05, 4.69) is 27.1 Å². The van der Waals surface area contributed by atoms with Gasteiger partial charge >= 0.3 is 0 Å². The molecule has 17 heavy (non-hydrogen) atoms. The van der Waals surface area contributed by atoms with Crippen molar-refractivity contribution in [2.24, 2.45) is 4.99 Å². The lowest BCUT2D eigenvalue weighted by Crippen LogP contribution is -2.38. The van der Waals surface area contributed by atoms with Gasteiger partial charge in [0.25, 0.3) is 0 Å². The largest absolute Gasteiger partial charge is 0.356 e. The first-order chi connectivity index (χ1) is 7.86. The van der Waals surface area contributed by atoms with Gasteiger partial charge in [-0.15, -0.1) is 30.6 Å². The van der Waals surface area contributed by atoms with Gasteiger partial charge in [0.1, 0.15) is 0 Å². The minimum atomic E-state index is 0. The monoisotopic (exact) mass is 352 g/mol. The van der Waals surface area contributed by atoms with E-state index in [1.807, 2.05) is 6.08 Å². The summed E-state index contributed by atoms with van der Waals surface area (Å²) < 4.78 is 0. The van der Waals surface area contributed by atoms with Crippen molar-refractivity contribution in [1.82, 2.24) is 15.5 Å². The van der Waals surface area contributed by atoms with Crippen molar-refractivity contribution in [1.29, 1.82) is 0 Å². The Balaban J connectivity index is 0.00000256. The van der Waals surface area contributed by atoms with Crippen LogP contribution in [0, 0.1) is 0 Å². The third kappa shape index (κ3) is 7.59. The molecule has 1 aliphatic heterocycles. The number of nitrogens with one attached hydrogen (secondary N) is 2. The summed E-state index contributed by atoms with van der Waals surface area (Å²) in [6.45, 7) is 9.16. The van der Waals surface area contributed by atoms with Gasteiger partial charge in [-0.2, -0.15) is 0 Å². The number of hydrogen-bond acceptors (Lipinski definition) is 2. The van der Waals surface area contributed by atoms with E-state index in [1.165, 1.54) is 38.9 Å². The molecule has 0 aromatic heterocycles. The van der Waals surface area contributed by atoms with E-state index < -0.39 is 0 Å². The second-order valence-corrected chi connectivity index (χ2v) is 4.07. The quantitative estimate of drug-likeness (QED) is 0.250. The van der Waals surface area contributed by atoms with Gasteiger partial charge in [-0.25, -0.2) is 0 Å². The fourth-order valence-electron chi connectivity index (χ4n) is 1.91. The van der Waals surface area contributed by atoms with Crippen molar-refractivity contribution in [3.63, 3.8) is 0 Å². The number of likely N-dealkylation sites (tertiary alicyclic amines) is 1. The first kappa shape index (κ1) is 16.7. The fourth-order valence-corrected chi connectivity index (χ4v) is 1.91. The zero-order chi connectivity index (χ0) is 11.6. The molecule has 0 atom stereocenters. The van der Waals surface area contributed by atoms with Crippen molar-refractivity contribution in [2.45, 2.75) is 19.3 Å². The lowest BCUT2D eigenvalue weighted by molar-refractivity contribution is 0.334. The SMILES string of the molecule is C=CCNC(=NC)NCCCN1CCCC1.I. The van der Waals surface area contributed by atoms with Crippen molar-refractivity contribution >= 4 is 29.9 Å². The molecule has 0 spiro atoms. The van der Waals surface area contributed by atoms with Crippen LogP contribution in [0.1, 0.15) is 19.3 Å². The van der Waals surface area contributed by atoms with E-state index in [-0.39, 0.29) is 24.0 Å². The van der Waals surface area contributed by atoms with E-state index in [0.29, 0.717) is 0 Å². The fraction of sp³-hybridized carbons (Fsp3) is 0.750. The van der Waals surface area contributed by atoms with E-state index >= 15 is 0 Å². The molecular formula is C12H25IN4. The molecule has 1 rings (SSSR count). The maximum absolute atomic E-state index is 4.13. The number of rotatable bonds is 6. The van der Waals surface area contributed by atoms with Crippen LogP contribution >= 0.6 is 24.0 Å². The minimum Gasteiger partial charge on any atom is -0.356 e. The van der Waals surface area contributed by atoms with Crippen LogP contribution < -0.4 is 10.6 Å². The number of nitrogens with zero attached hydrogens (tertiary/aromatic N) is 2. The molecule has 0 unspecified atom stereocenters. The number of aliphatic imine (C=N–C) groups is 1. The molecule has 0 aromatic carbocycles. The Morgan fingerprint density at radius 1 is 1.35 bits per heavy atom. The van der Waals surface area contributed by atoms with Gasteiger partial charge in [0.05, 0.1) is 0 Å². The average molecular weight is 352 g/mol. The molecule has 4 nitrogen and oxygen atoms in total. The molecule has 1 saturated heterocycles. The normalized spacial score (nSPS) is 16.4. The van der Waals surface area contributed by atoms with Gasteiger partial charge < -0.3 is 15.5 Å². The Labute approximate surface area is 122 Å². The highest BCUT2D eigenvalue weighted by Crippen LogP contribution is 2.06. The lowest BCUT2D eigenvalue weighted by Gasteiger charge is -2.15. The molecule has 2 N–H and O–H groups in total. The summed E-state index contributed by atoms with van der Waals surface area (Å²) in [5.41, 5.74) is 0. The highest BCUT2D eigenvalue weighted by atomic mass is 127. The van der Waals surface area contributed by atoms with E-state index in [4.69, 9.17) is 0 Å². The highest BCUT2D eigenvalue weighted by Gasteiger charge is 2.09. The Morgan fingerprint density at radius 2 is 2.06 bits per heavy atom. The lowest BCUT2D eigenvalue weighted by atomic mass is 10.4. The Kier molecular flexibility index (Phi) is 10.6. The second-order valence-electron chi connectivity index (χ2n) is 4.07. The van der Waals surface area contributed by atoms with Crippen molar-refractivity contribution in [3.8, 4) is 0 Å². The van der Waals surface area contributed by atoms with Crippen molar-refractivity contribution in [3.05, 3.63) is 12.7 Å². The first-order valence-corrected chi connectivity index (χ1v) is 6.14. The zero-order valence-corrected chi connectivity index (χ0v) is 13.1. The molecule has 0 radical (unpaired) electrons. The van der Waals surface area contributed by atoms with E-state index in [9.17, 15) is 0 Å². The molecule has 0 amide bonds. The number of guanidine groups is 1. The van der Waals surface area contributed by atoms with Crippen LogP contribution in [0.2, 0.25) is 0 Å². The minimum absolute atomic E-state index is 0. The summed E-state index contributed by atoms with van der Waals surface area (Å²) >= 11 is 0. The van der Waals surface area contributed by atoms with Gasteiger partial charge in [-0.3, -0.25) is 4.99 Å². The summed E-state index contributed by atoms with van der Waals surface area (Å²) in [5.74, 6) is 0.862. The summed E-state index contributed by atoms with van der Waals surface area (Å²) in [6.07, 6.45) is 5.75. The maximum Gasteiger partial charge on any atom is 0.191 e. The number of halogens is 1. The van der Waals surface area contributed by atoms with Crippen molar-refractivity contribution in [2.75, 3.05) is 39.8 Å².